The van der Waals surface area contributed by atoms with Gasteiger partial charge in [0, 0.05) is 32.7 Å². The van der Waals surface area contributed by atoms with Crippen molar-refractivity contribution in [1.29, 1.82) is 0 Å². The van der Waals surface area contributed by atoms with Crippen LogP contribution in [0.1, 0.15) is 26.3 Å². The van der Waals surface area contributed by atoms with E-state index in [-0.39, 0.29) is 29.9 Å². The van der Waals surface area contributed by atoms with Crippen molar-refractivity contribution in [2.75, 3.05) is 39.3 Å². The van der Waals surface area contributed by atoms with Crippen LogP contribution in [0.5, 0.6) is 5.75 Å². The van der Waals surface area contributed by atoms with Gasteiger partial charge in [-0.2, -0.15) is 13.2 Å². The van der Waals surface area contributed by atoms with Crippen molar-refractivity contribution in [3.8, 4) is 5.75 Å². The Bertz CT molecular complexity index is 700. The third kappa shape index (κ3) is 8.31. The molecular formula is C21H30F3N3O3. The van der Waals surface area contributed by atoms with Gasteiger partial charge in [-0.05, 0) is 30.5 Å². The number of ether oxygens (including phenoxy) is 1. The number of nitrogens with zero attached hydrogens (tertiary/aromatic N) is 2. The molecule has 6 nitrogen and oxygen atoms in total. The van der Waals surface area contributed by atoms with Crippen LogP contribution in [-0.4, -0.2) is 73.0 Å². The molecule has 0 radical (unpaired) electrons. The molecule has 0 saturated carbocycles. The second-order valence-corrected chi connectivity index (χ2v) is 8.00. The SMILES string of the molecule is CC(=O)[C@H](NC(=O)CN1CCN(Cc2ccc(OCC(F)(F)F)cc2)CC1)C(C)C. The van der Waals surface area contributed by atoms with Crippen LogP contribution in [0.4, 0.5) is 13.2 Å². The van der Waals surface area contributed by atoms with Crippen LogP contribution in [0, 0.1) is 5.92 Å². The quantitative estimate of drug-likeness (QED) is 0.654. The van der Waals surface area contributed by atoms with Gasteiger partial charge in [0.2, 0.25) is 5.91 Å². The highest BCUT2D eigenvalue weighted by Gasteiger charge is 2.28. The number of amides is 1. The Morgan fingerprint density at radius 3 is 2.13 bits per heavy atom. The Hall–Kier alpha value is -2.13. The fourth-order valence-corrected chi connectivity index (χ4v) is 3.38. The molecule has 1 amide bonds. The van der Waals surface area contributed by atoms with Gasteiger partial charge in [-0.3, -0.25) is 19.4 Å². The maximum Gasteiger partial charge on any atom is 0.422 e. The molecule has 9 heteroatoms. The molecule has 1 aliphatic rings. The van der Waals surface area contributed by atoms with Gasteiger partial charge < -0.3 is 10.1 Å². The van der Waals surface area contributed by atoms with Gasteiger partial charge in [0.1, 0.15) is 5.75 Å². The van der Waals surface area contributed by atoms with Gasteiger partial charge in [0.15, 0.2) is 12.4 Å². The zero-order valence-corrected chi connectivity index (χ0v) is 17.7. The van der Waals surface area contributed by atoms with E-state index in [1.165, 1.54) is 6.92 Å². The van der Waals surface area contributed by atoms with Crippen molar-refractivity contribution in [2.24, 2.45) is 5.92 Å². The summed E-state index contributed by atoms with van der Waals surface area (Å²) in [6.07, 6.45) is -4.35. The largest absolute Gasteiger partial charge is 0.484 e. The number of nitrogens with one attached hydrogen (secondary N) is 1. The molecule has 0 bridgehead atoms. The van der Waals surface area contributed by atoms with E-state index in [1.807, 2.05) is 13.8 Å². The first-order valence-electron chi connectivity index (χ1n) is 10.1. The maximum atomic E-state index is 12.2. The summed E-state index contributed by atoms with van der Waals surface area (Å²) in [6.45, 7) is 7.94. The first kappa shape index (κ1) is 24.1. The molecule has 1 aromatic rings. The molecule has 30 heavy (non-hydrogen) atoms. The van der Waals surface area contributed by atoms with E-state index in [1.54, 1.807) is 24.3 Å². The molecule has 1 saturated heterocycles. The third-order valence-electron chi connectivity index (χ3n) is 4.99. The van der Waals surface area contributed by atoms with Gasteiger partial charge in [0.25, 0.3) is 0 Å². The second kappa shape index (κ2) is 10.8. The number of piperazine rings is 1. The molecule has 168 valence electrons. The average Bonchev–Trinajstić information content (AvgIpc) is 2.66. The number of hydrogen-bond donors (Lipinski definition) is 1. The summed E-state index contributed by atoms with van der Waals surface area (Å²) in [5.74, 6) is 0.0514. The average molecular weight is 429 g/mol. The maximum absolute atomic E-state index is 12.2. The van der Waals surface area contributed by atoms with Crippen molar-refractivity contribution in [3.63, 3.8) is 0 Å². The Kier molecular flexibility index (Phi) is 8.66. The van der Waals surface area contributed by atoms with Crippen LogP contribution >= 0.6 is 0 Å². The number of halogens is 3. The van der Waals surface area contributed by atoms with Gasteiger partial charge in [-0.1, -0.05) is 26.0 Å². The molecule has 1 aromatic carbocycles. The molecule has 0 aliphatic carbocycles. The Balaban J connectivity index is 1.74. The number of benzene rings is 1. The predicted octanol–water partition coefficient (Wildman–Crippen LogP) is 2.48. The summed E-state index contributed by atoms with van der Waals surface area (Å²) in [5.41, 5.74) is 0.988. The van der Waals surface area contributed by atoms with Crippen LogP contribution in [0.15, 0.2) is 24.3 Å². The fourth-order valence-electron chi connectivity index (χ4n) is 3.38. The number of rotatable bonds is 9. The molecule has 0 unspecified atom stereocenters. The van der Waals surface area contributed by atoms with Gasteiger partial charge in [-0.15, -0.1) is 0 Å². The molecular weight excluding hydrogens is 399 g/mol. The van der Waals surface area contributed by atoms with E-state index in [9.17, 15) is 22.8 Å². The standard InChI is InChI=1S/C21H30F3N3O3/c1-15(2)20(16(3)28)25-19(29)13-27-10-8-26(9-11-27)12-17-4-6-18(7-5-17)30-14-21(22,23)24/h4-7,15,20H,8-14H2,1-3H3,(H,25,29)/t20-/m1/s1. The summed E-state index contributed by atoms with van der Waals surface area (Å²) >= 11 is 0. The summed E-state index contributed by atoms with van der Waals surface area (Å²) < 4.78 is 41.3. The number of ketones is 1. The highest BCUT2D eigenvalue weighted by Crippen LogP contribution is 2.19. The monoisotopic (exact) mass is 429 g/mol. The van der Waals surface area contributed by atoms with E-state index < -0.39 is 18.8 Å². The smallest absolute Gasteiger partial charge is 0.422 e. The highest BCUT2D eigenvalue weighted by atomic mass is 19.4. The van der Waals surface area contributed by atoms with E-state index in [2.05, 4.69) is 15.1 Å². The number of hydrogen-bond acceptors (Lipinski definition) is 5. The van der Waals surface area contributed by atoms with Crippen molar-refractivity contribution in [2.45, 2.75) is 39.5 Å². The molecule has 1 N–H and O–H groups in total. The molecule has 2 rings (SSSR count). The van der Waals surface area contributed by atoms with Crippen LogP contribution in [0.2, 0.25) is 0 Å². The van der Waals surface area contributed by atoms with Crippen LogP contribution in [0.3, 0.4) is 0 Å². The molecule has 1 atom stereocenters. The third-order valence-corrected chi connectivity index (χ3v) is 4.99. The minimum atomic E-state index is -4.35. The lowest BCUT2D eigenvalue weighted by molar-refractivity contribution is -0.153. The fraction of sp³-hybridized carbons (Fsp3) is 0.619. The van der Waals surface area contributed by atoms with Crippen molar-refractivity contribution >= 4 is 11.7 Å². The second-order valence-electron chi connectivity index (χ2n) is 8.00. The van der Waals surface area contributed by atoms with Crippen molar-refractivity contribution < 1.29 is 27.5 Å². The summed E-state index contributed by atoms with van der Waals surface area (Å²) in [5, 5.41) is 2.81. The van der Waals surface area contributed by atoms with Gasteiger partial charge >= 0.3 is 6.18 Å². The molecule has 1 fully saturated rings. The lowest BCUT2D eigenvalue weighted by atomic mass is 10.0. The number of alkyl halides is 3. The van der Waals surface area contributed by atoms with E-state index in [0.717, 1.165) is 31.7 Å². The zero-order chi connectivity index (χ0) is 22.3. The van der Waals surface area contributed by atoms with Gasteiger partial charge in [-0.25, -0.2) is 0 Å². The molecule has 1 aliphatic heterocycles. The number of carbonyl (C=O) groups is 2. The molecule has 0 aromatic heterocycles. The summed E-state index contributed by atoms with van der Waals surface area (Å²) in [7, 11) is 0. The lowest BCUT2D eigenvalue weighted by Crippen LogP contribution is -2.51. The molecule has 1 heterocycles. The Morgan fingerprint density at radius 2 is 1.63 bits per heavy atom. The summed E-state index contributed by atoms with van der Waals surface area (Å²) in [6, 6.07) is 6.16. The van der Waals surface area contributed by atoms with E-state index in [0.29, 0.717) is 6.54 Å². The predicted molar refractivity (Wildman–Crippen MR) is 107 cm³/mol. The first-order chi connectivity index (χ1) is 14.0. The van der Waals surface area contributed by atoms with Crippen molar-refractivity contribution in [1.82, 2.24) is 15.1 Å². The Morgan fingerprint density at radius 1 is 1.07 bits per heavy atom. The van der Waals surface area contributed by atoms with E-state index in [4.69, 9.17) is 4.74 Å². The lowest BCUT2D eigenvalue weighted by Gasteiger charge is -2.34. The minimum absolute atomic E-state index is 0.0435. The topological polar surface area (TPSA) is 61.9 Å². The first-order valence-corrected chi connectivity index (χ1v) is 10.1. The Labute approximate surface area is 175 Å². The van der Waals surface area contributed by atoms with Crippen molar-refractivity contribution in [3.05, 3.63) is 29.8 Å². The highest BCUT2D eigenvalue weighted by molar-refractivity contribution is 5.88. The zero-order valence-electron chi connectivity index (χ0n) is 17.7. The summed E-state index contributed by atoms with van der Waals surface area (Å²) in [4.78, 5) is 28.2. The number of Topliss-reactive ketones (excluding diaryl/α,β-unsaturated/α-hetero) is 1. The minimum Gasteiger partial charge on any atom is -0.484 e. The van der Waals surface area contributed by atoms with E-state index >= 15 is 0 Å². The van der Waals surface area contributed by atoms with Gasteiger partial charge in [0.05, 0.1) is 12.6 Å². The molecule has 0 spiro atoms. The van der Waals surface area contributed by atoms with Crippen LogP contribution in [-0.2, 0) is 16.1 Å². The van der Waals surface area contributed by atoms with Crippen LogP contribution < -0.4 is 10.1 Å². The normalized spacial score (nSPS) is 17.0. The van der Waals surface area contributed by atoms with Crippen LogP contribution in [0.25, 0.3) is 0 Å². The number of carbonyl (C=O) groups excluding carboxylic acids is 2.